The van der Waals surface area contributed by atoms with Crippen LogP contribution in [0.3, 0.4) is 0 Å². The van der Waals surface area contributed by atoms with Crippen molar-refractivity contribution in [1.82, 2.24) is 4.13 Å². The van der Waals surface area contributed by atoms with E-state index in [1.165, 1.54) is 6.42 Å². The van der Waals surface area contributed by atoms with E-state index in [0.29, 0.717) is 0 Å². The zero-order valence-electron chi connectivity index (χ0n) is 6.15. The fraction of sp³-hybridized carbons (Fsp3) is 1.00. The van der Waals surface area contributed by atoms with E-state index in [9.17, 15) is 8.42 Å². The molecule has 1 saturated heterocycles. The Morgan fingerprint density at radius 2 is 1.67 bits per heavy atom. The van der Waals surface area contributed by atoms with E-state index >= 15 is 0 Å². The SMILES string of the molecule is O=S(=O)(O)N[SH]1CCCCC1.[NaH]. The normalized spacial score (nSPS) is 21.6. The Morgan fingerprint density at radius 3 is 2.08 bits per heavy atom. The molecule has 0 spiro atoms. The molecule has 0 saturated carbocycles. The van der Waals surface area contributed by atoms with Gasteiger partial charge in [0.25, 0.3) is 0 Å². The van der Waals surface area contributed by atoms with Crippen molar-refractivity contribution in [2.24, 2.45) is 0 Å². The van der Waals surface area contributed by atoms with Gasteiger partial charge in [-0.1, -0.05) is 6.42 Å². The topological polar surface area (TPSA) is 66.4 Å². The molecule has 2 N–H and O–H groups in total. The summed E-state index contributed by atoms with van der Waals surface area (Å²) >= 11 is -0.648. The molecular formula is C5H14NNaO3S2. The van der Waals surface area contributed by atoms with Gasteiger partial charge in [0.1, 0.15) is 0 Å². The van der Waals surface area contributed by atoms with Crippen molar-refractivity contribution in [1.29, 1.82) is 0 Å². The molecule has 0 atom stereocenters. The second-order valence-electron chi connectivity index (χ2n) is 2.61. The van der Waals surface area contributed by atoms with Gasteiger partial charge in [-0.2, -0.15) is 23.6 Å². The van der Waals surface area contributed by atoms with Crippen LogP contribution >= 0.6 is 11.1 Å². The standard InChI is InChI=1S/C5H13NO3S2.Na.H/c7-11(8,9)6-10-4-2-1-3-5-10;;/h6,10H,1-5H2,(H,7,8,9);;. The summed E-state index contributed by atoms with van der Waals surface area (Å²) in [6.07, 6.45) is 3.34. The maximum atomic E-state index is 10.4. The Balaban J connectivity index is 0.00000121. The van der Waals surface area contributed by atoms with Gasteiger partial charge in [-0.25, -0.2) is 0 Å². The van der Waals surface area contributed by atoms with Crippen LogP contribution in [-0.2, 0) is 10.3 Å². The molecular weight excluding hydrogens is 209 g/mol. The van der Waals surface area contributed by atoms with E-state index < -0.39 is 21.4 Å². The zero-order valence-corrected chi connectivity index (χ0v) is 7.87. The molecule has 70 valence electrons. The van der Waals surface area contributed by atoms with Gasteiger partial charge >= 0.3 is 39.9 Å². The molecule has 0 bridgehead atoms. The Bertz CT molecular complexity index is 213. The summed E-state index contributed by atoms with van der Waals surface area (Å²) in [7, 11) is -3.94. The molecule has 0 aromatic carbocycles. The van der Waals surface area contributed by atoms with Gasteiger partial charge in [0, 0.05) is 0 Å². The molecule has 12 heavy (non-hydrogen) atoms. The van der Waals surface area contributed by atoms with Crippen LogP contribution in [0.1, 0.15) is 19.3 Å². The maximum absolute atomic E-state index is 10.4. The van der Waals surface area contributed by atoms with Crippen molar-refractivity contribution < 1.29 is 13.0 Å². The van der Waals surface area contributed by atoms with E-state index in [-0.39, 0.29) is 29.6 Å². The Morgan fingerprint density at radius 1 is 1.17 bits per heavy atom. The van der Waals surface area contributed by atoms with Crippen LogP contribution in [0.2, 0.25) is 0 Å². The summed E-state index contributed by atoms with van der Waals surface area (Å²) in [5.74, 6) is 1.82. The van der Waals surface area contributed by atoms with Gasteiger partial charge in [0.15, 0.2) is 0 Å². The fourth-order valence-corrected chi connectivity index (χ4v) is 4.62. The predicted molar refractivity (Wildman–Crippen MR) is 54.4 cm³/mol. The third-order valence-corrected chi connectivity index (χ3v) is 5.27. The quantitative estimate of drug-likeness (QED) is 0.346. The molecule has 0 amide bonds. The van der Waals surface area contributed by atoms with Crippen LogP contribution in [0, 0.1) is 0 Å². The molecule has 0 unspecified atom stereocenters. The number of rotatable bonds is 2. The summed E-state index contributed by atoms with van der Waals surface area (Å²) in [4.78, 5) is 0. The van der Waals surface area contributed by atoms with Gasteiger partial charge in [0.05, 0.1) is 0 Å². The van der Waals surface area contributed by atoms with Gasteiger partial charge in [0.2, 0.25) is 0 Å². The number of hydrogen-bond donors (Lipinski definition) is 3. The van der Waals surface area contributed by atoms with E-state index in [2.05, 4.69) is 4.13 Å². The Labute approximate surface area is 98.1 Å². The summed E-state index contributed by atoms with van der Waals surface area (Å²) < 4.78 is 31.4. The van der Waals surface area contributed by atoms with Crippen LogP contribution in [0.4, 0.5) is 0 Å². The van der Waals surface area contributed by atoms with Crippen LogP contribution in [0.5, 0.6) is 0 Å². The average molecular weight is 223 g/mol. The van der Waals surface area contributed by atoms with Crippen LogP contribution < -0.4 is 4.13 Å². The fourth-order valence-electron chi connectivity index (χ4n) is 1.15. The second kappa shape index (κ2) is 5.85. The van der Waals surface area contributed by atoms with Crippen molar-refractivity contribution in [3.8, 4) is 0 Å². The molecule has 0 aromatic rings. The monoisotopic (exact) mass is 223 g/mol. The molecule has 0 aromatic heterocycles. The minimum absolute atomic E-state index is 0. The number of nitrogens with one attached hydrogen (secondary N) is 1. The van der Waals surface area contributed by atoms with Crippen LogP contribution in [-0.4, -0.2) is 54.0 Å². The Hall–Kier alpha value is 1.22. The molecule has 4 nitrogen and oxygen atoms in total. The molecule has 0 radical (unpaired) electrons. The number of thiol groups is 1. The van der Waals surface area contributed by atoms with Crippen molar-refractivity contribution in [2.75, 3.05) is 11.5 Å². The van der Waals surface area contributed by atoms with Gasteiger partial charge in [-0.05, 0) is 24.3 Å². The molecule has 1 aliphatic rings. The van der Waals surface area contributed by atoms with Crippen molar-refractivity contribution >= 4 is 50.9 Å². The van der Waals surface area contributed by atoms with E-state index in [1.807, 2.05) is 0 Å². The summed E-state index contributed by atoms with van der Waals surface area (Å²) in [6, 6.07) is 0. The van der Waals surface area contributed by atoms with E-state index in [4.69, 9.17) is 4.55 Å². The first-order valence-electron chi connectivity index (χ1n) is 3.58. The summed E-state index contributed by atoms with van der Waals surface area (Å²) in [5, 5.41) is 0. The first-order chi connectivity index (χ1) is 5.08. The number of hydrogen-bond acceptors (Lipinski definition) is 2. The average Bonchev–Trinajstić information content (AvgIpc) is 1.85. The summed E-state index contributed by atoms with van der Waals surface area (Å²) in [5.41, 5.74) is 0. The molecule has 7 heteroatoms. The predicted octanol–water partition coefficient (Wildman–Crippen LogP) is -0.170. The molecule has 1 heterocycles. The van der Waals surface area contributed by atoms with Crippen LogP contribution in [0.15, 0.2) is 0 Å². The van der Waals surface area contributed by atoms with Crippen molar-refractivity contribution in [3.63, 3.8) is 0 Å². The van der Waals surface area contributed by atoms with Gasteiger partial charge in [-0.15, -0.1) is 0 Å². The first kappa shape index (κ1) is 13.2. The van der Waals surface area contributed by atoms with Gasteiger partial charge < -0.3 is 0 Å². The molecule has 1 aliphatic heterocycles. The van der Waals surface area contributed by atoms with Crippen LogP contribution in [0.25, 0.3) is 0 Å². The first-order valence-corrected chi connectivity index (χ1v) is 6.73. The zero-order chi connectivity index (χ0) is 8.32. The van der Waals surface area contributed by atoms with E-state index in [1.54, 1.807) is 0 Å². The molecule has 1 rings (SSSR count). The van der Waals surface area contributed by atoms with E-state index in [0.717, 1.165) is 24.3 Å². The Kier molecular flexibility index (Phi) is 6.44. The second-order valence-corrected chi connectivity index (χ2v) is 6.27. The molecule has 0 aliphatic carbocycles. The van der Waals surface area contributed by atoms with Crippen molar-refractivity contribution in [2.45, 2.75) is 19.3 Å². The summed E-state index contributed by atoms with van der Waals surface area (Å²) in [6.45, 7) is 0. The minimum atomic E-state index is -3.94. The van der Waals surface area contributed by atoms with Gasteiger partial charge in [-0.3, -0.25) is 4.55 Å². The third-order valence-electron chi connectivity index (χ3n) is 1.60. The van der Waals surface area contributed by atoms with Crippen molar-refractivity contribution in [3.05, 3.63) is 0 Å². The third kappa shape index (κ3) is 5.80. The molecule has 1 fully saturated rings.